The third-order valence-corrected chi connectivity index (χ3v) is 7.58. The first kappa shape index (κ1) is 25.8. The summed E-state index contributed by atoms with van der Waals surface area (Å²) in [5.41, 5.74) is 9.05. The molecule has 7 rings (SSSR count). The summed E-state index contributed by atoms with van der Waals surface area (Å²) in [5, 5.41) is 17.7. The number of rotatable bonds is 7. The van der Waals surface area contributed by atoms with Crippen molar-refractivity contribution in [1.29, 1.82) is 0 Å². The van der Waals surface area contributed by atoms with Crippen LogP contribution in [0, 0.1) is 12.7 Å². The average Bonchev–Trinajstić information content (AvgIpc) is 3.71. The standard InChI is InChI=1S/C28H28FN11O2/c1-18-33-34-26(42-18)20-7-8-22(29)23(15-20)37-12-9-36(10-13-37)11-14-38-24-21(16-31-38)25-35-39(17-19-5-3-2-4-6-19)28(41)40(25)27(30)32-24/h2-8,15-16H,9-14,17H2,1H3,(H2,30,32). The topological polar surface area (TPSA) is 141 Å². The molecule has 0 radical (unpaired) electrons. The zero-order valence-electron chi connectivity index (χ0n) is 22.9. The number of hydrogen-bond acceptors (Lipinski definition) is 10. The van der Waals surface area contributed by atoms with Gasteiger partial charge in [0.15, 0.2) is 11.3 Å². The minimum Gasteiger partial charge on any atom is -0.421 e. The van der Waals surface area contributed by atoms with Crippen molar-refractivity contribution >= 4 is 28.3 Å². The number of aromatic nitrogens is 8. The lowest BCUT2D eigenvalue weighted by atomic mass is 10.1. The van der Waals surface area contributed by atoms with Crippen molar-refractivity contribution in [3.8, 4) is 11.5 Å². The van der Waals surface area contributed by atoms with Crippen LogP contribution >= 0.6 is 0 Å². The van der Waals surface area contributed by atoms with Gasteiger partial charge in [-0.25, -0.2) is 22.9 Å². The molecule has 0 aliphatic carbocycles. The molecule has 0 bridgehead atoms. The monoisotopic (exact) mass is 569 g/mol. The Balaban J connectivity index is 1.05. The number of benzene rings is 2. The molecular weight excluding hydrogens is 541 g/mol. The van der Waals surface area contributed by atoms with Gasteiger partial charge < -0.3 is 15.1 Å². The molecule has 0 unspecified atom stereocenters. The number of nitrogens with zero attached hydrogens (tertiary/aromatic N) is 10. The Bertz CT molecular complexity index is 1950. The first-order chi connectivity index (χ1) is 20.4. The van der Waals surface area contributed by atoms with E-state index in [1.54, 1.807) is 29.9 Å². The minimum atomic E-state index is -0.347. The number of fused-ring (bicyclic) bond motifs is 3. The third-order valence-electron chi connectivity index (χ3n) is 7.58. The summed E-state index contributed by atoms with van der Waals surface area (Å²) in [6, 6.07) is 14.5. The Morgan fingerprint density at radius 2 is 1.79 bits per heavy atom. The number of anilines is 2. The Labute approximate surface area is 238 Å². The Kier molecular flexibility index (Phi) is 6.38. The molecular formula is C28H28FN11O2. The summed E-state index contributed by atoms with van der Waals surface area (Å²) in [6.07, 6.45) is 1.68. The fourth-order valence-corrected chi connectivity index (χ4v) is 5.37. The minimum absolute atomic E-state index is 0.0668. The zero-order chi connectivity index (χ0) is 28.8. The van der Waals surface area contributed by atoms with Gasteiger partial charge in [0.1, 0.15) is 5.82 Å². The van der Waals surface area contributed by atoms with Crippen LogP contribution in [-0.2, 0) is 13.1 Å². The highest BCUT2D eigenvalue weighted by atomic mass is 19.1. The van der Waals surface area contributed by atoms with Crippen LogP contribution in [0.5, 0.6) is 0 Å². The van der Waals surface area contributed by atoms with E-state index in [-0.39, 0.29) is 17.5 Å². The van der Waals surface area contributed by atoms with Gasteiger partial charge in [0, 0.05) is 45.2 Å². The van der Waals surface area contributed by atoms with Gasteiger partial charge in [0.05, 0.1) is 30.4 Å². The molecule has 0 amide bonds. The molecule has 1 fully saturated rings. The van der Waals surface area contributed by atoms with Crippen LogP contribution in [0.25, 0.3) is 28.1 Å². The SMILES string of the molecule is Cc1nnc(-c2ccc(F)c(N3CCN(CCn4ncc5c4nc(N)n4c(=O)n(Cc6ccccc6)nc54)CC3)c2)o1. The summed E-state index contributed by atoms with van der Waals surface area (Å²) in [4.78, 5) is 21.9. The largest absolute Gasteiger partial charge is 0.421 e. The fraction of sp³-hybridized carbons (Fsp3) is 0.286. The zero-order valence-corrected chi connectivity index (χ0v) is 22.9. The average molecular weight is 570 g/mol. The van der Waals surface area contributed by atoms with Crippen LogP contribution in [0.1, 0.15) is 11.5 Å². The van der Waals surface area contributed by atoms with E-state index in [0.717, 1.165) is 25.2 Å². The van der Waals surface area contributed by atoms with E-state index in [0.29, 0.717) is 65.9 Å². The second kappa shape index (κ2) is 10.4. The predicted molar refractivity (Wildman–Crippen MR) is 154 cm³/mol. The second-order valence-electron chi connectivity index (χ2n) is 10.3. The van der Waals surface area contributed by atoms with Crippen LogP contribution in [0.3, 0.4) is 0 Å². The highest BCUT2D eigenvalue weighted by Crippen LogP contribution is 2.28. The molecule has 13 nitrogen and oxygen atoms in total. The summed E-state index contributed by atoms with van der Waals surface area (Å²) in [6.45, 7) is 6.17. The fourth-order valence-electron chi connectivity index (χ4n) is 5.37. The number of nitrogen functional groups attached to an aromatic ring is 1. The van der Waals surface area contributed by atoms with Crippen molar-refractivity contribution in [1.82, 2.24) is 44.0 Å². The Morgan fingerprint density at radius 3 is 2.55 bits per heavy atom. The van der Waals surface area contributed by atoms with Crippen molar-refractivity contribution < 1.29 is 8.81 Å². The number of aryl methyl sites for hydroxylation is 1. The first-order valence-corrected chi connectivity index (χ1v) is 13.7. The van der Waals surface area contributed by atoms with Crippen LogP contribution < -0.4 is 16.3 Å². The van der Waals surface area contributed by atoms with E-state index in [2.05, 4.69) is 30.3 Å². The van der Waals surface area contributed by atoms with Gasteiger partial charge in [-0.2, -0.15) is 10.1 Å². The molecule has 14 heteroatoms. The lowest BCUT2D eigenvalue weighted by Gasteiger charge is -2.36. The maximum absolute atomic E-state index is 14.8. The molecule has 1 saturated heterocycles. The molecule has 214 valence electrons. The van der Waals surface area contributed by atoms with Gasteiger partial charge in [0.2, 0.25) is 17.7 Å². The molecule has 42 heavy (non-hydrogen) atoms. The summed E-state index contributed by atoms with van der Waals surface area (Å²) in [7, 11) is 0. The summed E-state index contributed by atoms with van der Waals surface area (Å²) >= 11 is 0. The maximum atomic E-state index is 14.8. The van der Waals surface area contributed by atoms with Crippen molar-refractivity contribution in [2.75, 3.05) is 43.4 Å². The molecule has 4 aromatic heterocycles. The summed E-state index contributed by atoms with van der Waals surface area (Å²) in [5.74, 6) is 0.616. The van der Waals surface area contributed by atoms with Crippen molar-refractivity contribution in [3.63, 3.8) is 0 Å². The highest BCUT2D eigenvalue weighted by molar-refractivity contribution is 5.89. The van der Waals surface area contributed by atoms with E-state index in [1.807, 2.05) is 35.2 Å². The first-order valence-electron chi connectivity index (χ1n) is 13.7. The lowest BCUT2D eigenvalue weighted by Crippen LogP contribution is -2.47. The molecule has 0 atom stereocenters. The number of halogens is 1. The van der Waals surface area contributed by atoms with E-state index in [9.17, 15) is 9.18 Å². The molecule has 1 aliphatic heterocycles. The smallest absolute Gasteiger partial charge is 0.353 e. The Hall–Kier alpha value is -5.11. The van der Waals surface area contributed by atoms with Gasteiger partial charge in [-0.1, -0.05) is 30.3 Å². The summed E-state index contributed by atoms with van der Waals surface area (Å²) < 4.78 is 24.8. The van der Waals surface area contributed by atoms with E-state index in [1.165, 1.54) is 15.1 Å². The lowest BCUT2D eigenvalue weighted by molar-refractivity contribution is 0.245. The maximum Gasteiger partial charge on any atom is 0.353 e. The number of nitrogens with two attached hydrogens (primary N) is 1. The molecule has 5 heterocycles. The van der Waals surface area contributed by atoms with Gasteiger partial charge >= 0.3 is 5.69 Å². The number of hydrogen-bond donors (Lipinski definition) is 1. The van der Waals surface area contributed by atoms with Crippen LogP contribution in [0.4, 0.5) is 16.0 Å². The van der Waals surface area contributed by atoms with Crippen LogP contribution in [0.15, 0.2) is 63.9 Å². The second-order valence-corrected chi connectivity index (χ2v) is 10.3. The van der Waals surface area contributed by atoms with Crippen molar-refractivity contribution in [2.45, 2.75) is 20.0 Å². The predicted octanol–water partition coefficient (Wildman–Crippen LogP) is 2.19. The normalized spacial score (nSPS) is 14.4. The molecule has 2 N–H and O–H groups in total. The van der Waals surface area contributed by atoms with Gasteiger partial charge in [-0.15, -0.1) is 15.3 Å². The molecule has 0 saturated carbocycles. The van der Waals surface area contributed by atoms with Gasteiger partial charge in [-0.3, -0.25) is 4.90 Å². The van der Waals surface area contributed by atoms with Crippen LogP contribution in [-0.4, -0.2) is 76.8 Å². The van der Waals surface area contributed by atoms with E-state index < -0.39 is 0 Å². The van der Waals surface area contributed by atoms with Gasteiger partial charge in [-0.05, 0) is 23.8 Å². The van der Waals surface area contributed by atoms with Gasteiger partial charge in [0.25, 0.3) is 0 Å². The molecule has 2 aromatic carbocycles. The third kappa shape index (κ3) is 4.64. The molecule has 1 aliphatic rings. The van der Waals surface area contributed by atoms with Crippen molar-refractivity contribution in [3.05, 3.63) is 82.5 Å². The Morgan fingerprint density at radius 1 is 0.976 bits per heavy atom. The van der Waals surface area contributed by atoms with E-state index >= 15 is 0 Å². The van der Waals surface area contributed by atoms with E-state index in [4.69, 9.17) is 10.2 Å². The van der Waals surface area contributed by atoms with Crippen LogP contribution in [0.2, 0.25) is 0 Å². The molecule has 0 spiro atoms. The number of piperazine rings is 1. The highest BCUT2D eigenvalue weighted by Gasteiger charge is 2.22. The molecule has 6 aromatic rings. The van der Waals surface area contributed by atoms with Crippen molar-refractivity contribution in [2.24, 2.45) is 0 Å². The quantitative estimate of drug-likeness (QED) is 0.304.